The predicted molar refractivity (Wildman–Crippen MR) is 107 cm³/mol. The van der Waals surface area contributed by atoms with E-state index in [0.717, 1.165) is 31.5 Å². The number of carbonyl (C=O) groups is 1. The second-order valence-corrected chi connectivity index (χ2v) is 7.15. The Balaban J connectivity index is 1.55. The van der Waals surface area contributed by atoms with Crippen LogP contribution in [-0.2, 0) is 11.2 Å². The first-order chi connectivity index (χ1) is 14.2. The van der Waals surface area contributed by atoms with Crippen molar-refractivity contribution in [1.82, 2.24) is 15.5 Å². The molecule has 2 aromatic carbocycles. The minimum absolute atomic E-state index is 0.0663. The molecule has 4 rings (SSSR count). The molecule has 1 N–H and O–H groups in total. The fourth-order valence-electron chi connectivity index (χ4n) is 3.52. The lowest BCUT2D eigenvalue weighted by Gasteiger charge is -2.24. The lowest BCUT2D eigenvalue weighted by Crippen LogP contribution is -2.31. The molecule has 0 bridgehead atoms. The van der Waals surface area contributed by atoms with Crippen molar-refractivity contribution in [2.75, 3.05) is 18.0 Å². The normalized spacial score (nSPS) is 15.1. The Morgan fingerprint density at radius 2 is 1.76 bits per heavy atom. The lowest BCUT2D eigenvalue weighted by atomic mass is 10.1. The van der Waals surface area contributed by atoms with E-state index in [-0.39, 0.29) is 12.3 Å². The van der Waals surface area contributed by atoms with Gasteiger partial charge in [-0.3, -0.25) is 4.79 Å². The van der Waals surface area contributed by atoms with Gasteiger partial charge in [0.05, 0.1) is 6.42 Å². The number of rotatable bonds is 6. The summed E-state index contributed by atoms with van der Waals surface area (Å²) >= 11 is 0. The average Bonchev–Trinajstić information content (AvgIpc) is 3.25. The molecule has 7 heteroatoms. The minimum atomic E-state index is -0.596. The summed E-state index contributed by atoms with van der Waals surface area (Å²) in [7, 11) is 0. The molecule has 1 aliphatic heterocycles. The largest absolute Gasteiger partial charge is 0.405 e. The van der Waals surface area contributed by atoms with Crippen LogP contribution in [0, 0.1) is 5.82 Å². The summed E-state index contributed by atoms with van der Waals surface area (Å²) in [5.74, 6) is -0.399. The molecule has 150 valence electrons. The van der Waals surface area contributed by atoms with Crippen LogP contribution in [0.15, 0.2) is 59.0 Å². The van der Waals surface area contributed by atoms with E-state index < -0.39 is 11.9 Å². The zero-order valence-corrected chi connectivity index (χ0v) is 16.1. The van der Waals surface area contributed by atoms with E-state index in [1.165, 1.54) is 12.5 Å². The van der Waals surface area contributed by atoms with Crippen LogP contribution in [0.25, 0.3) is 0 Å². The molecule has 3 aromatic rings. The summed E-state index contributed by atoms with van der Waals surface area (Å²) in [4.78, 5) is 14.7. The van der Waals surface area contributed by atoms with Gasteiger partial charge >= 0.3 is 6.01 Å². The topological polar surface area (TPSA) is 71.3 Å². The minimum Gasteiger partial charge on any atom is -0.405 e. The van der Waals surface area contributed by atoms with Gasteiger partial charge in [0.2, 0.25) is 11.8 Å². The summed E-state index contributed by atoms with van der Waals surface area (Å²) in [6.45, 7) is 1.77. The van der Waals surface area contributed by atoms with Crippen LogP contribution in [0.4, 0.5) is 10.4 Å². The summed E-state index contributed by atoms with van der Waals surface area (Å²) < 4.78 is 19.8. The van der Waals surface area contributed by atoms with Crippen LogP contribution in [0.5, 0.6) is 0 Å². The molecule has 2 heterocycles. The molecule has 1 aromatic heterocycles. The molecule has 1 fully saturated rings. The van der Waals surface area contributed by atoms with Crippen molar-refractivity contribution in [1.29, 1.82) is 0 Å². The zero-order valence-electron chi connectivity index (χ0n) is 16.1. The summed E-state index contributed by atoms with van der Waals surface area (Å²) in [5.41, 5.74) is 1.17. The maximum Gasteiger partial charge on any atom is 0.318 e. The molecular weight excluding hydrogens is 371 g/mol. The third-order valence-electron chi connectivity index (χ3n) is 5.05. The Morgan fingerprint density at radius 1 is 1.03 bits per heavy atom. The number of halogens is 1. The van der Waals surface area contributed by atoms with Gasteiger partial charge in [-0.05, 0) is 36.5 Å². The highest BCUT2D eigenvalue weighted by molar-refractivity contribution is 5.79. The first-order valence-electron chi connectivity index (χ1n) is 9.87. The molecule has 6 nitrogen and oxygen atoms in total. The fraction of sp³-hybridized carbons (Fsp3) is 0.318. The Kier molecular flexibility index (Phi) is 5.84. The van der Waals surface area contributed by atoms with Crippen molar-refractivity contribution in [3.8, 4) is 0 Å². The molecule has 29 heavy (non-hydrogen) atoms. The maximum absolute atomic E-state index is 13.9. The Hall–Kier alpha value is -3.22. The number of amides is 1. The van der Waals surface area contributed by atoms with E-state index in [2.05, 4.69) is 20.4 Å². The van der Waals surface area contributed by atoms with Gasteiger partial charge in [-0.25, -0.2) is 4.39 Å². The van der Waals surface area contributed by atoms with Crippen molar-refractivity contribution >= 4 is 11.9 Å². The van der Waals surface area contributed by atoms with Crippen LogP contribution >= 0.6 is 0 Å². The van der Waals surface area contributed by atoms with Gasteiger partial charge in [-0.1, -0.05) is 53.6 Å². The van der Waals surface area contributed by atoms with E-state index in [0.29, 0.717) is 17.5 Å². The first-order valence-corrected chi connectivity index (χ1v) is 9.87. The Morgan fingerprint density at radius 3 is 2.52 bits per heavy atom. The van der Waals surface area contributed by atoms with Crippen LogP contribution in [0.3, 0.4) is 0 Å². The van der Waals surface area contributed by atoms with E-state index in [9.17, 15) is 9.18 Å². The van der Waals surface area contributed by atoms with Gasteiger partial charge in [0, 0.05) is 13.1 Å². The quantitative estimate of drug-likeness (QED) is 0.691. The molecule has 1 saturated heterocycles. The van der Waals surface area contributed by atoms with Crippen LogP contribution in [0.2, 0.25) is 0 Å². The van der Waals surface area contributed by atoms with Crippen molar-refractivity contribution in [2.45, 2.75) is 31.7 Å². The monoisotopic (exact) mass is 394 g/mol. The van der Waals surface area contributed by atoms with E-state index in [1.54, 1.807) is 18.2 Å². The maximum atomic E-state index is 13.9. The molecule has 1 unspecified atom stereocenters. The molecule has 1 amide bonds. The first kappa shape index (κ1) is 19.1. The predicted octanol–water partition coefficient (Wildman–Crippen LogP) is 3.65. The third kappa shape index (κ3) is 4.62. The van der Waals surface area contributed by atoms with Gasteiger partial charge in [0.25, 0.3) is 0 Å². The number of carbonyl (C=O) groups excluding carboxylic acids is 1. The molecule has 0 aliphatic carbocycles. The molecular formula is C22H23FN4O2. The number of piperidine rings is 1. The highest BCUT2D eigenvalue weighted by atomic mass is 19.1. The number of hydrogen-bond acceptors (Lipinski definition) is 5. The van der Waals surface area contributed by atoms with Crippen LogP contribution in [-0.4, -0.2) is 29.2 Å². The SMILES string of the molecule is O=C(Cc1ccccc1F)NC(c1ccccc1)c1nnc(N2CCCCC2)o1. The molecule has 1 aliphatic rings. The average molecular weight is 394 g/mol. The van der Waals surface area contributed by atoms with Gasteiger partial charge in [0.1, 0.15) is 11.9 Å². The van der Waals surface area contributed by atoms with E-state index in [1.807, 2.05) is 30.3 Å². The standard InChI is InChI=1S/C22H23FN4O2/c23-18-12-6-5-11-17(18)15-19(28)24-20(16-9-3-1-4-10-16)21-25-26-22(29-21)27-13-7-2-8-14-27/h1,3-6,9-12,20H,2,7-8,13-15H2,(H,24,28). The third-order valence-corrected chi connectivity index (χ3v) is 5.05. The summed E-state index contributed by atoms with van der Waals surface area (Å²) in [6, 6.07) is 15.6. The number of nitrogens with one attached hydrogen (secondary N) is 1. The highest BCUT2D eigenvalue weighted by Crippen LogP contribution is 2.25. The van der Waals surface area contributed by atoms with Crippen molar-refractivity contribution < 1.29 is 13.6 Å². The smallest absolute Gasteiger partial charge is 0.318 e. The van der Waals surface area contributed by atoms with Gasteiger partial charge in [-0.2, -0.15) is 0 Å². The van der Waals surface area contributed by atoms with Crippen molar-refractivity contribution in [3.63, 3.8) is 0 Å². The zero-order chi connectivity index (χ0) is 20.1. The molecule has 0 spiro atoms. The number of aromatic nitrogens is 2. The Labute approximate surface area is 168 Å². The van der Waals surface area contributed by atoms with Gasteiger partial charge < -0.3 is 14.6 Å². The summed E-state index contributed by atoms with van der Waals surface area (Å²) in [5, 5.41) is 11.3. The van der Waals surface area contributed by atoms with Crippen LogP contribution < -0.4 is 10.2 Å². The fourth-order valence-corrected chi connectivity index (χ4v) is 3.52. The number of nitrogens with zero attached hydrogens (tertiary/aromatic N) is 3. The van der Waals surface area contributed by atoms with E-state index >= 15 is 0 Å². The lowest BCUT2D eigenvalue weighted by molar-refractivity contribution is -0.121. The highest BCUT2D eigenvalue weighted by Gasteiger charge is 2.25. The van der Waals surface area contributed by atoms with E-state index in [4.69, 9.17) is 4.42 Å². The second kappa shape index (κ2) is 8.86. The van der Waals surface area contributed by atoms with Gasteiger partial charge in [-0.15, -0.1) is 5.10 Å². The van der Waals surface area contributed by atoms with Gasteiger partial charge in [0.15, 0.2) is 0 Å². The number of anilines is 1. The van der Waals surface area contributed by atoms with Crippen LogP contribution in [0.1, 0.15) is 42.3 Å². The molecule has 0 radical (unpaired) electrons. The summed E-state index contributed by atoms with van der Waals surface area (Å²) in [6.07, 6.45) is 3.33. The second-order valence-electron chi connectivity index (χ2n) is 7.15. The van der Waals surface area contributed by atoms with Crippen molar-refractivity contribution in [2.24, 2.45) is 0 Å². The molecule has 1 atom stereocenters. The van der Waals surface area contributed by atoms with Crippen molar-refractivity contribution in [3.05, 3.63) is 77.4 Å². The number of benzene rings is 2. The Bertz CT molecular complexity index is 954. The number of hydrogen-bond donors (Lipinski definition) is 1. The molecule has 0 saturated carbocycles.